The molecule has 0 unspecified atom stereocenters. The molecule has 3 heterocycles. The van der Waals surface area contributed by atoms with Gasteiger partial charge in [0.05, 0.1) is 12.6 Å². The lowest BCUT2D eigenvalue weighted by molar-refractivity contribution is 0.0786. The van der Waals surface area contributed by atoms with Gasteiger partial charge in [-0.3, -0.25) is 9.69 Å². The van der Waals surface area contributed by atoms with Crippen LogP contribution in [0.1, 0.15) is 41.4 Å². The van der Waals surface area contributed by atoms with E-state index >= 15 is 0 Å². The number of nitrogens with one attached hydrogen (secondary N) is 1. The first-order valence-corrected chi connectivity index (χ1v) is 6.72. The van der Waals surface area contributed by atoms with E-state index in [9.17, 15) is 4.79 Å². The number of piperidine rings is 1. The number of carbonyl (C=O) groups excluding carboxylic acids is 1. The summed E-state index contributed by atoms with van der Waals surface area (Å²) in [6, 6.07) is 8.58. The Balaban J connectivity index is 1.96. The van der Waals surface area contributed by atoms with Crippen molar-refractivity contribution >= 4 is 16.7 Å². The van der Waals surface area contributed by atoms with Gasteiger partial charge in [-0.05, 0) is 25.5 Å². The van der Waals surface area contributed by atoms with Crippen molar-refractivity contribution in [1.29, 1.82) is 0 Å². The molecule has 2 aromatic rings. The van der Waals surface area contributed by atoms with Crippen LogP contribution in [-0.4, -0.2) is 28.8 Å². The largest absolute Gasteiger partial charge is 0.356 e. The molecule has 0 aliphatic carbocycles. The second kappa shape index (κ2) is 3.69. The molecule has 92 valence electrons. The predicted octanol–water partition coefficient (Wildman–Crippen LogP) is 2.89. The van der Waals surface area contributed by atoms with E-state index in [1.54, 1.807) is 0 Å². The van der Waals surface area contributed by atoms with Crippen molar-refractivity contribution in [2.75, 3.05) is 13.1 Å². The molecule has 0 bridgehead atoms. The maximum atomic E-state index is 12.4. The maximum Gasteiger partial charge on any atom is 0.179 e. The molecule has 1 aromatic heterocycles. The van der Waals surface area contributed by atoms with Gasteiger partial charge in [0.15, 0.2) is 5.78 Å². The molecule has 1 N–H and O–H groups in total. The number of aromatic nitrogens is 1. The summed E-state index contributed by atoms with van der Waals surface area (Å²) in [5, 5.41) is 1.10. The van der Waals surface area contributed by atoms with Crippen LogP contribution in [0.25, 0.3) is 10.9 Å². The normalized spacial score (nSPS) is 24.0. The first kappa shape index (κ1) is 10.3. The quantitative estimate of drug-likeness (QED) is 0.768. The Morgan fingerprint density at radius 2 is 2.11 bits per heavy atom. The van der Waals surface area contributed by atoms with Crippen LogP contribution in [-0.2, 0) is 0 Å². The molecule has 3 heteroatoms. The molecular formula is C15H16N2O. The van der Waals surface area contributed by atoms with Gasteiger partial charge in [-0.1, -0.05) is 24.6 Å². The van der Waals surface area contributed by atoms with Crippen LogP contribution in [0, 0.1) is 0 Å². The highest BCUT2D eigenvalue weighted by atomic mass is 16.1. The highest BCUT2D eigenvalue weighted by molar-refractivity contribution is 6.11. The minimum absolute atomic E-state index is 0.278. The maximum absolute atomic E-state index is 12.4. The number of fused-ring (bicyclic) bond motifs is 5. The fourth-order valence-corrected chi connectivity index (χ4v) is 3.48. The van der Waals surface area contributed by atoms with Crippen molar-refractivity contribution in [1.82, 2.24) is 9.88 Å². The van der Waals surface area contributed by atoms with Crippen LogP contribution in [0.5, 0.6) is 0 Å². The van der Waals surface area contributed by atoms with Crippen molar-refractivity contribution < 1.29 is 4.79 Å². The first-order chi connectivity index (χ1) is 8.84. The van der Waals surface area contributed by atoms with Crippen LogP contribution in [0.2, 0.25) is 0 Å². The summed E-state index contributed by atoms with van der Waals surface area (Å²) in [6.45, 7) is 1.66. The number of Topliss-reactive ketones (excluding diaryl/α,β-unsaturated/α-hetero) is 1. The molecular weight excluding hydrogens is 224 g/mol. The summed E-state index contributed by atoms with van der Waals surface area (Å²) in [7, 11) is 0. The molecule has 3 nitrogen and oxygen atoms in total. The fourth-order valence-electron chi connectivity index (χ4n) is 3.48. The Bertz CT molecular complexity index is 628. The van der Waals surface area contributed by atoms with Gasteiger partial charge in [-0.2, -0.15) is 0 Å². The molecule has 0 spiro atoms. The number of H-pyrrole nitrogens is 1. The van der Waals surface area contributed by atoms with E-state index in [4.69, 9.17) is 0 Å². The zero-order valence-electron chi connectivity index (χ0n) is 10.3. The van der Waals surface area contributed by atoms with Gasteiger partial charge in [0.2, 0.25) is 0 Å². The van der Waals surface area contributed by atoms with Crippen molar-refractivity contribution in [2.45, 2.75) is 25.3 Å². The van der Waals surface area contributed by atoms with Crippen molar-refractivity contribution in [3.05, 3.63) is 35.5 Å². The first-order valence-electron chi connectivity index (χ1n) is 6.72. The van der Waals surface area contributed by atoms with Crippen molar-refractivity contribution in [2.24, 2.45) is 0 Å². The zero-order valence-corrected chi connectivity index (χ0v) is 10.3. The summed E-state index contributed by atoms with van der Waals surface area (Å²) >= 11 is 0. The van der Waals surface area contributed by atoms with Crippen molar-refractivity contribution in [3.8, 4) is 0 Å². The van der Waals surface area contributed by atoms with E-state index in [0.29, 0.717) is 12.6 Å². The summed E-state index contributed by atoms with van der Waals surface area (Å²) in [5.74, 6) is 0.278. The molecule has 0 radical (unpaired) electrons. The average Bonchev–Trinajstić information content (AvgIpc) is 2.79. The van der Waals surface area contributed by atoms with E-state index in [-0.39, 0.29) is 5.78 Å². The number of hydrogen-bond donors (Lipinski definition) is 1. The van der Waals surface area contributed by atoms with Crippen molar-refractivity contribution in [3.63, 3.8) is 0 Å². The Labute approximate surface area is 106 Å². The Hall–Kier alpha value is -1.61. The molecule has 1 fully saturated rings. The third kappa shape index (κ3) is 1.31. The number of carbonyl (C=O) groups is 1. The van der Waals surface area contributed by atoms with Gasteiger partial charge in [0.25, 0.3) is 0 Å². The van der Waals surface area contributed by atoms with Gasteiger partial charge in [-0.25, -0.2) is 0 Å². The Morgan fingerprint density at radius 1 is 1.22 bits per heavy atom. The van der Waals surface area contributed by atoms with Crippen LogP contribution >= 0.6 is 0 Å². The molecule has 0 saturated carbocycles. The lowest BCUT2D eigenvalue weighted by Gasteiger charge is -2.38. The number of benzene rings is 1. The summed E-state index contributed by atoms with van der Waals surface area (Å²) in [5.41, 5.74) is 3.21. The fraction of sp³-hybridized carbons (Fsp3) is 0.400. The number of rotatable bonds is 0. The predicted molar refractivity (Wildman–Crippen MR) is 70.8 cm³/mol. The number of ketones is 1. The van der Waals surface area contributed by atoms with Crippen LogP contribution in [0.4, 0.5) is 0 Å². The van der Waals surface area contributed by atoms with E-state index in [1.165, 1.54) is 19.3 Å². The molecule has 1 aromatic carbocycles. The lowest BCUT2D eigenvalue weighted by Crippen LogP contribution is -2.41. The van der Waals surface area contributed by atoms with E-state index < -0.39 is 0 Å². The van der Waals surface area contributed by atoms with Gasteiger partial charge < -0.3 is 4.98 Å². The van der Waals surface area contributed by atoms with Gasteiger partial charge in [0.1, 0.15) is 0 Å². The van der Waals surface area contributed by atoms with Crippen LogP contribution < -0.4 is 0 Å². The average molecular weight is 240 g/mol. The minimum Gasteiger partial charge on any atom is -0.356 e. The number of para-hydroxylation sites is 1. The second-order valence-electron chi connectivity index (χ2n) is 5.36. The molecule has 18 heavy (non-hydrogen) atoms. The Morgan fingerprint density at radius 3 is 3.06 bits per heavy atom. The number of nitrogens with zero attached hydrogens (tertiary/aromatic N) is 1. The topological polar surface area (TPSA) is 36.1 Å². The summed E-state index contributed by atoms with van der Waals surface area (Å²) in [6.07, 6.45) is 3.66. The molecule has 2 aliphatic rings. The monoisotopic (exact) mass is 240 g/mol. The number of aromatic amines is 1. The van der Waals surface area contributed by atoms with Gasteiger partial charge in [0, 0.05) is 22.2 Å². The van der Waals surface area contributed by atoms with E-state index in [1.807, 2.05) is 12.1 Å². The van der Waals surface area contributed by atoms with E-state index in [2.05, 4.69) is 22.0 Å². The number of hydrogen-bond acceptors (Lipinski definition) is 2. The molecule has 0 amide bonds. The summed E-state index contributed by atoms with van der Waals surface area (Å²) < 4.78 is 0. The summed E-state index contributed by atoms with van der Waals surface area (Å²) in [4.78, 5) is 18.2. The molecule has 2 aliphatic heterocycles. The standard InChI is InChI=1S/C15H16N2O/c18-13-9-17-8-4-3-7-12(17)15-14(13)10-5-1-2-6-11(10)16-15/h1-2,5-6,12,16H,3-4,7-9H2/t12-/m0/s1. The SMILES string of the molecule is O=C1CN2CCCC[C@H]2c2[nH]c3ccccc3c21. The second-order valence-corrected chi connectivity index (χ2v) is 5.36. The zero-order chi connectivity index (χ0) is 12.1. The van der Waals surface area contributed by atoms with Crippen LogP contribution in [0.15, 0.2) is 24.3 Å². The highest BCUT2D eigenvalue weighted by Gasteiger charge is 2.35. The third-order valence-corrected chi connectivity index (χ3v) is 4.31. The molecule has 1 saturated heterocycles. The third-order valence-electron chi connectivity index (χ3n) is 4.31. The van der Waals surface area contributed by atoms with E-state index in [0.717, 1.165) is 28.7 Å². The lowest BCUT2D eigenvalue weighted by atomic mass is 9.90. The minimum atomic E-state index is 0.278. The molecule has 4 rings (SSSR count). The smallest absolute Gasteiger partial charge is 0.179 e. The van der Waals surface area contributed by atoms with Gasteiger partial charge in [-0.15, -0.1) is 0 Å². The molecule has 1 atom stereocenters. The Kier molecular flexibility index (Phi) is 2.12. The van der Waals surface area contributed by atoms with Crippen LogP contribution in [0.3, 0.4) is 0 Å². The highest BCUT2D eigenvalue weighted by Crippen LogP contribution is 2.39. The van der Waals surface area contributed by atoms with Gasteiger partial charge >= 0.3 is 0 Å².